The minimum atomic E-state index is 0.0212. The summed E-state index contributed by atoms with van der Waals surface area (Å²) in [7, 11) is 0. The second kappa shape index (κ2) is 38.8. The number of rotatable bonds is 41. The van der Waals surface area contributed by atoms with E-state index in [1.807, 2.05) is 0 Å². The van der Waals surface area contributed by atoms with Crippen molar-refractivity contribution in [2.75, 3.05) is 32.8 Å². The Morgan fingerprint density at radius 2 is 0.722 bits per heavy atom. The van der Waals surface area contributed by atoms with Gasteiger partial charge in [0.25, 0.3) is 0 Å². The molecular formula is C49H95NO4. The third-order valence-electron chi connectivity index (χ3n) is 12.5. The van der Waals surface area contributed by atoms with Crippen LogP contribution in [-0.2, 0) is 19.1 Å². The maximum atomic E-state index is 12.3. The highest BCUT2D eigenvalue weighted by molar-refractivity contribution is 5.69. The average molecular weight is 762 g/mol. The number of hydrogen-bond donors (Lipinski definition) is 0. The van der Waals surface area contributed by atoms with Crippen LogP contribution in [0.25, 0.3) is 0 Å². The van der Waals surface area contributed by atoms with Gasteiger partial charge in [-0.15, -0.1) is 0 Å². The fraction of sp³-hybridized carbons (Fsp3) is 0.959. The van der Waals surface area contributed by atoms with Crippen molar-refractivity contribution in [3.63, 3.8) is 0 Å². The van der Waals surface area contributed by atoms with Gasteiger partial charge >= 0.3 is 11.9 Å². The van der Waals surface area contributed by atoms with Gasteiger partial charge < -0.3 is 14.4 Å². The van der Waals surface area contributed by atoms with Crippen LogP contribution in [-0.4, -0.2) is 49.7 Å². The summed E-state index contributed by atoms with van der Waals surface area (Å²) in [5, 5.41) is 0. The van der Waals surface area contributed by atoms with Gasteiger partial charge in [0, 0.05) is 12.8 Å². The molecule has 5 nitrogen and oxygen atoms in total. The molecule has 0 aromatic rings. The largest absolute Gasteiger partial charge is 0.466 e. The number of carbonyl (C=O) groups excluding carboxylic acids is 2. The third-order valence-corrected chi connectivity index (χ3v) is 12.5. The van der Waals surface area contributed by atoms with E-state index < -0.39 is 0 Å². The standard InChI is InChI=1S/C49H95NO4/c1-5-9-29-46(30-10-6-2)38-43-53-48(51)35-25-21-17-13-15-19-23-33-45(37-42-50-40-27-28-41-50)34-24-20-16-14-18-22-26-36-49(52)54-44-39-47(31-11-7-3)32-12-8-4/h45-47H,5-44H2,1-4H3. The Balaban J connectivity index is 2.10. The first-order chi connectivity index (χ1) is 26.5. The van der Waals surface area contributed by atoms with Gasteiger partial charge in [0.1, 0.15) is 0 Å². The lowest BCUT2D eigenvalue weighted by atomic mass is 9.91. The Hall–Kier alpha value is -1.10. The maximum absolute atomic E-state index is 12.3. The molecule has 1 aliphatic rings. The fourth-order valence-corrected chi connectivity index (χ4v) is 8.64. The van der Waals surface area contributed by atoms with E-state index in [9.17, 15) is 9.59 Å². The average Bonchev–Trinajstić information content (AvgIpc) is 3.70. The molecule has 0 unspecified atom stereocenters. The molecule has 0 radical (unpaired) electrons. The van der Waals surface area contributed by atoms with E-state index in [0.29, 0.717) is 26.1 Å². The SMILES string of the molecule is CCCCC(CCCC)CCOC(=O)CCCCCCCCCC(CCCCCCCCCC(=O)OCCC(CCCC)CCCC)CCN1CCCC1. The highest BCUT2D eigenvalue weighted by atomic mass is 16.5. The van der Waals surface area contributed by atoms with Gasteiger partial charge in [-0.1, -0.05) is 195 Å². The molecule has 0 spiro atoms. The Bertz CT molecular complexity index is 740. The zero-order valence-electron chi connectivity index (χ0n) is 37.1. The van der Waals surface area contributed by atoms with Crippen molar-refractivity contribution in [1.29, 1.82) is 0 Å². The number of carbonyl (C=O) groups is 2. The van der Waals surface area contributed by atoms with Gasteiger partial charge in [-0.25, -0.2) is 0 Å². The molecule has 1 heterocycles. The summed E-state index contributed by atoms with van der Waals surface area (Å²) in [5.74, 6) is 2.40. The molecule has 0 bridgehead atoms. The highest BCUT2D eigenvalue weighted by Crippen LogP contribution is 2.25. The van der Waals surface area contributed by atoms with Crippen LogP contribution in [0.3, 0.4) is 0 Å². The molecular weight excluding hydrogens is 667 g/mol. The number of unbranched alkanes of at least 4 members (excludes halogenated alkanes) is 16. The zero-order chi connectivity index (χ0) is 39.2. The van der Waals surface area contributed by atoms with Crippen molar-refractivity contribution in [2.24, 2.45) is 17.8 Å². The molecule has 0 saturated carbocycles. The molecule has 1 aliphatic heterocycles. The first-order valence-electron chi connectivity index (χ1n) is 24.6. The van der Waals surface area contributed by atoms with Crippen molar-refractivity contribution >= 4 is 11.9 Å². The number of likely N-dealkylation sites (tertiary alicyclic amines) is 1. The summed E-state index contributed by atoms with van der Waals surface area (Å²) in [6, 6.07) is 0. The fourth-order valence-electron chi connectivity index (χ4n) is 8.64. The van der Waals surface area contributed by atoms with E-state index in [1.54, 1.807) is 0 Å². The van der Waals surface area contributed by atoms with E-state index >= 15 is 0 Å². The lowest BCUT2D eigenvalue weighted by molar-refractivity contribution is -0.145. The van der Waals surface area contributed by atoms with E-state index in [4.69, 9.17) is 9.47 Å². The van der Waals surface area contributed by atoms with Crippen LogP contribution in [0.15, 0.2) is 0 Å². The second-order valence-electron chi connectivity index (χ2n) is 17.5. The Morgan fingerprint density at radius 3 is 1.09 bits per heavy atom. The van der Waals surface area contributed by atoms with Crippen LogP contribution in [0, 0.1) is 17.8 Å². The molecule has 0 aromatic heterocycles. The van der Waals surface area contributed by atoms with Crippen LogP contribution in [0.2, 0.25) is 0 Å². The van der Waals surface area contributed by atoms with Gasteiger partial charge in [0.05, 0.1) is 13.2 Å². The van der Waals surface area contributed by atoms with Gasteiger partial charge in [-0.2, -0.15) is 0 Å². The first kappa shape index (κ1) is 50.9. The Morgan fingerprint density at radius 1 is 0.407 bits per heavy atom. The summed E-state index contributed by atoms with van der Waals surface area (Å²) in [6.45, 7) is 14.2. The van der Waals surface area contributed by atoms with Crippen molar-refractivity contribution in [3.8, 4) is 0 Å². The summed E-state index contributed by atoms with van der Waals surface area (Å²) in [4.78, 5) is 27.2. The number of nitrogens with zero attached hydrogens (tertiary/aromatic N) is 1. The molecule has 0 aromatic carbocycles. The molecule has 0 N–H and O–H groups in total. The number of ether oxygens (including phenoxy) is 2. The predicted octanol–water partition coefficient (Wildman–Crippen LogP) is 15.0. The van der Waals surface area contributed by atoms with Crippen molar-refractivity contribution < 1.29 is 19.1 Å². The van der Waals surface area contributed by atoms with Crippen molar-refractivity contribution in [3.05, 3.63) is 0 Å². The van der Waals surface area contributed by atoms with Crippen LogP contribution in [0.5, 0.6) is 0 Å². The monoisotopic (exact) mass is 762 g/mol. The topological polar surface area (TPSA) is 55.8 Å². The predicted molar refractivity (Wildman–Crippen MR) is 233 cm³/mol. The van der Waals surface area contributed by atoms with Gasteiger partial charge in [-0.3, -0.25) is 9.59 Å². The smallest absolute Gasteiger partial charge is 0.305 e. The van der Waals surface area contributed by atoms with Crippen molar-refractivity contribution in [1.82, 2.24) is 4.90 Å². The van der Waals surface area contributed by atoms with E-state index in [1.165, 1.54) is 193 Å². The minimum absolute atomic E-state index is 0.0212. The van der Waals surface area contributed by atoms with Crippen LogP contribution >= 0.6 is 0 Å². The van der Waals surface area contributed by atoms with Crippen LogP contribution in [0.1, 0.15) is 252 Å². The van der Waals surface area contributed by atoms with E-state index in [0.717, 1.165) is 56.3 Å². The lowest BCUT2D eigenvalue weighted by Gasteiger charge is -2.21. The molecule has 1 fully saturated rings. The van der Waals surface area contributed by atoms with Gasteiger partial charge in [-0.05, 0) is 82.3 Å². The molecule has 54 heavy (non-hydrogen) atoms. The lowest BCUT2D eigenvalue weighted by Crippen LogP contribution is -2.22. The first-order valence-corrected chi connectivity index (χ1v) is 24.6. The summed E-state index contributed by atoms with van der Waals surface area (Å²) in [6.07, 6.45) is 43.3. The summed E-state index contributed by atoms with van der Waals surface area (Å²) >= 11 is 0. The number of esters is 2. The molecule has 1 saturated heterocycles. The van der Waals surface area contributed by atoms with E-state index in [2.05, 4.69) is 32.6 Å². The Kier molecular flexibility index (Phi) is 36.5. The van der Waals surface area contributed by atoms with Gasteiger partial charge in [0.15, 0.2) is 0 Å². The quantitative estimate of drug-likeness (QED) is 0.0459. The molecule has 0 atom stereocenters. The molecule has 1 rings (SSSR count). The second-order valence-corrected chi connectivity index (χ2v) is 17.5. The van der Waals surface area contributed by atoms with Crippen LogP contribution < -0.4 is 0 Å². The molecule has 0 aliphatic carbocycles. The molecule has 320 valence electrons. The zero-order valence-corrected chi connectivity index (χ0v) is 37.1. The number of hydrogen-bond acceptors (Lipinski definition) is 5. The van der Waals surface area contributed by atoms with Crippen LogP contribution in [0.4, 0.5) is 0 Å². The molecule has 5 heteroatoms. The normalized spacial score (nSPS) is 13.5. The maximum Gasteiger partial charge on any atom is 0.305 e. The third kappa shape index (κ3) is 32.0. The minimum Gasteiger partial charge on any atom is -0.466 e. The highest BCUT2D eigenvalue weighted by Gasteiger charge is 2.16. The van der Waals surface area contributed by atoms with Crippen molar-refractivity contribution in [2.45, 2.75) is 252 Å². The molecule has 0 amide bonds. The summed E-state index contributed by atoms with van der Waals surface area (Å²) in [5.41, 5.74) is 0. The summed E-state index contributed by atoms with van der Waals surface area (Å²) < 4.78 is 11.2. The van der Waals surface area contributed by atoms with E-state index in [-0.39, 0.29) is 11.9 Å². The Labute approximate surface area is 338 Å². The van der Waals surface area contributed by atoms with Gasteiger partial charge in [0.2, 0.25) is 0 Å².